The summed E-state index contributed by atoms with van der Waals surface area (Å²) in [4.78, 5) is 0. The minimum atomic E-state index is 0.634. The normalized spacial score (nSPS) is 13.6. The number of hydrogen-bond donors (Lipinski definition) is 1. The molecule has 1 N–H and O–H groups in total. The molecule has 1 atom stereocenters. The van der Waals surface area contributed by atoms with Crippen LogP contribution in [0.25, 0.3) is 0 Å². The highest BCUT2D eigenvalue weighted by molar-refractivity contribution is 7.98. The van der Waals surface area contributed by atoms with Gasteiger partial charge in [-0.05, 0) is 37.3 Å². The highest BCUT2D eigenvalue weighted by Crippen LogP contribution is 2.12. The molecule has 0 amide bonds. The van der Waals surface area contributed by atoms with E-state index in [9.17, 15) is 0 Å². The van der Waals surface area contributed by atoms with Gasteiger partial charge < -0.3 is 5.32 Å². The van der Waals surface area contributed by atoms with Gasteiger partial charge in [-0.1, -0.05) is 27.2 Å². The van der Waals surface area contributed by atoms with Crippen LogP contribution in [-0.2, 0) is 0 Å². The van der Waals surface area contributed by atoms with E-state index in [0.29, 0.717) is 6.04 Å². The molecule has 0 aromatic rings. The highest BCUT2D eigenvalue weighted by Gasteiger charge is 2.05. The molecule has 0 rings (SSSR count). The van der Waals surface area contributed by atoms with Crippen molar-refractivity contribution in [2.24, 2.45) is 5.92 Å². The Hall–Kier alpha value is 0.310. The summed E-state index contributed by atoms with van der Waals surface area (Å²) in [6.45, 7) is 7.93. The van der Waals surface area contributed by atoms with Gasteiger partial charge in [-0.25, -0.2) is 0 Å². The van der Waals surface area contributed by atoms with Crippen molar-refractivity contribution in [3.63, 3.8) is 0 Å². The summed E-state index contributed by atoms with van der Waals surface area (Å²) in [6, 6.07) is 0.634. The predicted octanol–water partition coefficient (Wildman–Crippen LogP) is 3.15. The van der Waals surface area contributed by atoms with E-state index in [-0.39, 0.29) is 0 Å². The molecule has 0 saturated heterocycles. The quantitative estimate of drug-likeness (QED) is 0.608. The third-order valence-corrected chi connectivity index (χ3v) is 3.05. The van der Waals surface area contributed by atoms with Gasteiger partial charge in [-0.2, -0.15) is 11.8 Å². The lowest BCUT2D eigenvalue weighted by atomic mass is 10.0. The van der Waals surface area contributed by atoms with E-state index < -0.39 is 0 Å². The smallest absolute Gasteiger partial charge is 0.00104 e. The maximum absolute atomic E-state index is 3.52. The van der Waals surface area contributed by atoms with Crippen LogP contribution in [0.3, 0.4) is 0 Å². The molecular weight excluding hydrogens is 178 g/mol. The van der Waals surface area contributed by atoms with E-state index in [0.717, 1.165) is 5.92 Å². The highest BCUT2D eigenvalue weighted by atomic mass is 32.2. The van der Waals surface area contributed by atoms with Gasteiger partial charge in [0.05, 0.1) is 0 Å². The SMILES string of the molecule is CCC(CCCSC)CNC(C)C. The van der Waals surface area contributed by atoms with Gasteiger partial charge in [-0.3, -0.25) is 0 Å². The second-order valence-corrected chi connectivity index (χ2v) is 4.96. The van der Waals surface area contributed by atoms with Crippen LogP contribution in [0.15, 0.2) is 0 Å². The van der Waals surface area contributed by atoms with Gasteiger partial charge in [0.1, 0.15) is 0 Å². The molecule has 0 saturated carbocycles. The first-order valence-corrected chi connectivity index (χ1v) is 6.82. The Labute approximate surface area is 88.1 Å². The first-order chi connectivity index (χ1) is 6.20. The van der Waals surface area contributed by atoms with Crippen LogP contribution < -0.4 is 5.32 Å². The van der Waals surface area contributed by atoms with Crippen molar-refractivity contribution in [1.82, 2.24) is 5.32 Å². The Morgan fingerprint density at radius 2 is 2.00 bits per heavy atom. The second-order valence-electron chi connectivity index (χ2n) is 3.97. The van der Waals surface area contributed by atoms with Crippen molar-refractivity contribution in [2.45, 2.75) is 46.1 Å². The molecule has 0 aromatic heterocycles. The fourth-order valence-electron chi connectivity index (χ4n) is 1.37. The molecule has 0 radical (unpaired) electrons. The minimum absolute atomic E-state index is 0.634. The van der Waals surface area contributed by atoms with Crippen molar-refractivity contribution in [3.8, 4) is 0 Å². The lowest BCUT2D eigenvalue weighted by molar-refractivity contribution is 0.411. The number of hydrogen-bond acceptors (Lipinski definition) is 2. The third kappa shape index (κ3) is 8.63. The largest absolute Gasteiger partial charge is 0.314 e. The third-order valence-electron chi connectivity index (χ3n) is 2.35. The summed E-state index contributed by atoms with van der Waals surface area (Å²) in [7, 11) is 0. The first-order valence-electron chi connectivity index (χ1n) is 5.43. The Balaban J connectivity index is 3.39. The number of rotatable bonds is 8. The van der Waals surface area contributed by atoms with Crippen molar-refractivity contribution in [3.05, 3.63) is 0 Å². The molecule has 13 heavy (non-hydrogen) atoms. The topological polar surface area (TPSA) is 12.0 Å². The zero-order valence-electron chi connectivity index (χ0n) is 9.60. The number of nitrogens with one attached hydrogen (secondary N) is 1. The van der Waals surface area contributed by atoms with Crippen LogP contribution in [0, 0.1) is 5.92 Å². The van der Waals surface area contributed by atoms with Crippen molar-refractivity contribution < 1.29 is 0 Å². The molecule has 0 aromatic carbocycles. The summed E-state index contributed by atoms with van der Waals surface area (Å²) in [6.07, 6.45) is 6.26. The zero-order chi connectivity index (χ0) is 10.1. The van der Waals surface area contributed by atoms with Crippen molar-refractivity contribution in [1.29, 1.82) is 0 Å². The van der Waals surface area contributed by atoms with Crippen molar-refractivity contribution >= 4 is 11.8 Å². The van der Waals surface area contributed by atoms with Gasteiger partial charge in [0.2, 0.25) is 0 Å². The van der Waals surface area contributed by atoms with Crippen LogP contribution >= 0.6 is 11.8 Å². The summed E-state index contributed by atoms with van der Waals surface area (Å²) in [5.74, 6) is 2.20. The summed E-state index contributed by atoms with van der Waals surface area (Å²) in [5, 5.41) is 3.52. The van der Waals surface area contributed by atoms with Gasteiger partial charge >= 0.3 is 0 Å². The van der Waals surface area contributed by atoms with Gasteiger partial charge in [-0.15, -0.1) is 0 Å². The van der Waals surface area contributed by atoms with Gasteiger partial charge in [0.15, 0.2) is 0 Å². The molecule has 0 aliphatic rings. The van der Waals surface area contributed by atoms with Gasteiger partial charge in [0.25, 0.3) is 0 Å². The fraction of sp³-hybridized carbons (Fsp3) is 1.00. The molecule has 0 aliphatic carbocycles. The molecule has 1 nitrogen and oxygen atoms in total. The van der Waals surface area contributed by atoms with Crippen LogP contribution in [-0.4, -0.2) is 24.6 Å². The molecular formula is C11H25NS. The maximum Gasteiger partial charge on any atom is 0.00104 e. The molecule has 0 aliphatic heterocycles. The fourth-order valence-corrected chi connectivity index (χ4v) is 1.82. The first kappa shape index (κ1) is 13.3. The van der Waals surface area contributed by atoms with E-state index in [1.165, 1.54) is 31.6 Å². The van der Waals surface area contributed by atoms with Crippen LogP contribution in [0.1, 0.15) is 40.0 Å². The minimum Gasteiger partial charge on any atom is -0.314 e. The molecule has 2 heteroatoms. The standard InChI is InChI=1S/C11H25NS/c1-5-11(7-6-8-13-4)9-12-10(2)3/h10-12H,5-9H2,1-4H3. The number of thioether (sulfide) groups is 1. The van der Waals surface area contributed by atoms with Crippen LogP contribution in [0.5, 0.6) is 0 Å². The Morgan fingerprint density at radius 3 is 2.46 bits per heavy atom. The van der Waals surface area contributed by atoms with E-state index in [1.807, 2.05) is 11.8 Å². The van der Waals surface area contributed by atoms with Gasteiger partial charge in [0, 0.05) is 6.04 Å². The predicted molar refractivity (Wildman–Crippen MR) is 64.5 cm³/mol. The summed E-state index contributed by atoms with van der Waals surface area (Å²) >= 11 is 1.96. The van der Waals surface area contributed by atoms with E-state index >= 15 is 0 Å². The van der Waals surface area contributed by atoms with E-state index in [2.05, 4.69) is 32.3 Å². The van der Waals surface area contributed by atoms with Crippen LogP contribution in [0.2, 0.25) is 0 Å². The Kier molecular flexibility index (Phi) is 9.10. The van der Waals surface area contributed by atoms with Crippen LogP contribution in [0.4, 0.5) is 0 Å². The zero-order valence-corrected chi connectivity index (χ0v) is 10.4. The van der Waals surface area contributed by atoms with E-state index in [4.69, 9.17) is 0 Å². The molecule has 1 unspecified atom stereocenters. The van der Waals surface area contributed by atoms with Crippen molar-refractivity contribution in [2.75, 3.05) is 18.6 Å². The molecule has 0 spiro atoms. The van der Waals surface area contributed by atoms with E-state index in [1.54, 1.807) is 0 Å². The molecule has 0 fully saturated rings. The lowest BCUT2D eigenvalue weighted by Gasteiger charge is -2.17. The summed E-state index contributed by atoms with van der Waals surface area (Å²) < 4.78 is 0. The lowest BCUT2D eigenvalue weighted by Crippen LogP contribution is -2.28. The monoisotopic (exact) mass is 203 g/mol. The average molecular weight is 203 g/mol. The Bertz CT molecular complexity index is 104. The molecule has 80 valence electrons. The maximum atomic E-state index is 3.52. The average Bonchev–Trinajstić information content (AvgIpc) is 2.10. The Morgan fingerprint density at radius 1 is 1.31 bits per heavy atom. The summed E-state index contributed by atoms with van der Waals surface area (Å²) in [5.41, 5.74) is 0. The molecule has 0 heterocycles. The molecule has 0 bridgehead atoms. The second kappa shape index (κ2) is 8.89.